The molecule has 8 nitrogen and oxygen atoms in total. The topological polar surface area (TPSA) is 125 Å². The monoisotopic (exact) mass is 410 g/mol. The van der Waals surface area contributed by atoms with Crippen LogP contribution in [0.5, 0.6) is 5.75 Å². The molecular weight excluding hydrogens is 391 g/mol. The van der Waals surface area contributed by atoms with Gasteiger partial charge in [0.1, 0.15) is 17.6 Å². The minimum Gasteiger partial charge on any atom is -0.493 e. The number of halogens is 2. The highest BCUT2D eigenvalue weighted by molar-refractivity contribution is 6.42. The van der Waals surface area contributed by atoms with Crippen molar-refractivity contribution >= 4 is 40.2 Å². The molecule has 5 N–H and O–H groups in total. The number of nitrogens with zero attached hydrogens (tertiary/aromatic N) is 4. The molecule has 144 valence electrons. The molecule has 0 unspecified atom stereocenters. The summed E-state index contributed by atoms with van der Waals surface area (Å²) in [6, 6.07) is 3.22. The normalized spacial score (nSPS) is 12.4. The third-order valence-corrected chi connectivity index (χ3v) is 4.97. The SMILES string of the molecule is Nc1ncnc2c1ncn2Cc1c(OCCC[C@@H](N)CO)ccc(Cl)c1Cl. The number of nitrogens with two attached hydrogens (primary N) is 2. The van der Waals surface area contributed by atoms with E-state index in [1.54, 1.807) is 23.0 Å². The summed E-state index contributed by atoms with van der Waals surface area (Å²) in [6.45, 7) is 0.757. The van der Waals surface area contributed by atoms with Crippen molar-refractivity contribution in [2.45, 2.75) is 25.4 Å². The van der Waals surface area contributed by atoms with Crippen molar-refractivity contribution < 1.29 is 9.84 Å². The number of hydrogen-bond donors (Lipinski definition) is 3. The third kappa shape index (κ3) is 4.41. The van der Waals surface area contributed by atoms with Gasteiger partial charge in [-0.15, -0.1) is 0 Å². The van der Waals surface area contributed by atoms with Crippen LogP contribution in [0.15, 0.2) is 24.8 Å². The number of aromatic nitrogens is 4. The van der Waals surface area contributed by atoms with Crippen molar-refractivity contribution in [3.05, 3.63) is 40.4 Å². The van der Waals surface area contributed by atoms with Crippen LogP contribution in [0.2, 0.25) is 10.0 Å². The summed E-state index contributed by atoms with van der Waals surface area (Å²) in [7, 11) is 0. The average molecular weight is 411 g/mol. The number of imidazole rings is 1. The Labute approximate surface area is 166 Å². The van der Waals surface area contributed by atoms with E-state index in [-0.39, 0.29) is 12.6 Å². The molecule has 0 aliphatic heterocycles. The van der Waals surface area contributed by atoms with E-state index in [4.69, 9.17) is 44.5 Å². The summed E-state index contributed by atoms with van der Waals surface area (Å²) in [4.78, 5) is 12.4. The lowest BCUT2D eigenvalue weighted by atomic mass is 10.2. The van der Waals surface area contributed by atoms with Crippen LogP contribution in [0, 0.1) is 0 Å². The number of fused-ring (bicyclic) bond motifs is 1. The van der Waals surface area contributed by atoms with Crippen LogP contribution in [0.25, 0.3) is 11.2 Å². The Bertz CT molecular complexity index is 933. The number of rotatable bonds is 8. The van der Waals surface area contributed by atoms with Gasteiger partial charge in [0, 0.05) is 11.6 Å². The number of ether oxygens (including phenoxy) is 1. The lowest BCUT2D eigenvalue weighted by Crippen LogP contribution is -2.24. The van der Waals surface area contributed by atoms with Crippen LogP contribution in [0.4, 0.5) is 5.82 Å². The molecule has 0 bridgehead atoms. The van der Waals surface area contributed by atoms with E-state index in [2.05, 4.69) is 15.0 Å². The molecule has 3 aromatic rings. The number of nitrogen functional groups attached to an aromatic ring is 1. The zero-order chi connectivity index (χ0) is 19.4. The van der Waals surface area contributed by atoms with Gasteiger partial charge in [-0.2, -0.15) is 0 Å². The Morgan fingerprint density at radius 1 is 1.22 bits per heavy atom. The van der Waals surface area contributed by atoms with E-state index < -0.39 is 0 Å². The first-order valence-electron chi connectivity index (χ1n) is 8.38. The fourth-order valence-corrected chi connectivity index (χ4v) is 3.05. The van der Waals surface area contributed by atoms with Crippen molar-refractivity contribution in [1.29, 1.82) is 0 Å². The maximum Gasteiger partial charge on any atom is 0.165 e. The molecule has 10 heteroatoms. The van der Waals surface area contributed by atoms with Crippen LogP contribution in [-0.2, 0) is 6.54 Å². The van der Waals surface area contributed by atoms with Gasteiger partial charge in [-0.3, -0.25) is 0 Å². The molecule has 0 radical (unpaired) electrons. The van der Waals surface area contributed by atoms with Crippen LogP contribution in [0.3, 0.4) is 0 Å². The van der Waals surface area contributed by atoms with Gasteiger partial charge in [-0.05, 0) is 25.0 Å². The van der Waals surface area contributed by atoms with Crippen LogP contribution in [-0.4, -0.2) is 43.9 Å². The zero-order valence-electron chi connectivity index (χ0n) is 14.5. The number of benzene rings is 1. The van der Waals surface area contributed by atoms with Crippen molar-refractivity contribution in [2.24, 2.45) is 5.73 Å². The summed E-state index contributed by atoms with van der Waals surface area (Å²) < 4.78 is 7.69. The maximum atomic E-state index is 8.99. The summed E-state index contributed by atoms with van der Waals surface area (Å²) in [6.07, 6.45) is 4.38. The largest absolute Gasteiger partial charge is 0.493 e. The minimum atomic E-state index is -0.246. The first-order chi connectivity index (χ1) is 13.0. The highest BCUT2D eigenvalue weighted by Crippen LogP contribution is 2.34. The second kappa shape index (κ2) is 8.71. The van der Waals surface area contributed by atoms with E-state index in [1.165, 1.54) is 6.33 Å². The predicted octanol–water partition coefficient (Wildman–Crippen LogP) is 2.24. The molecule has 2 heterocycles. The predicted molar refractivity (Wildman–Crippen MR) is 105 cm³/mol. The van der Waals surface area contributed by atoms with Crippen LogP contribution < -0.4 is 16.2 Å². The van der Waals surface area contributed by atoms with Gasteiger partial charge in [0.15, 0.2) is 11.5 Å². The van der Waals surface area contributed by atoms with Crippen molar-refractivity contribution in [1.82, 2.24) is 19.5 Å². The Morgan fingerprint density at radius 3 is 2.81 bits per heavy atom. The second-order valence-corrected chi connectivity index (χ2v) is 6.86. The maximum absolute atomic E-state index is 8.99. The molecule has 1 atom stereocenters. The van der Waals surface area contributed by atoms with Gasteiger partial charge in [-0.1, -0.05) is 23.2 Å². The van der Waals surface area contributed by atoms with E-state index in [9.17, 15) is 0 Å². The molecule has 3 rings (SSSR count). The third-order valence-electron chi connectivity index (χ3n) is 4.12. The molecule has 0 saturated heterocycles. The highest BCUT2D eigenvalue weighted by atomic mass is 35.5. The fourth-order valence-electron chi connectivity index (χ4n) is 2.66. The Hall–Kier alpha value is -2.13. The van der Waals surface area contributed by atoms with E-state index >= 15 is 0 Å². The number of hydrogen-bond acceptors (Lipinski definition) is 7. The van der Waals surface area contributed by atoms with Crippen LogP contribution >= 0.6 is 23.2 Å². The van der Waals surface area contributed by atoms with Crippen molar-refractivity contribution in [3.63, 3.8) is 0 Å². The van der Waals surface area contributed by atoms with Gasteiger partial charge < -0.3 is 25.9 Å². The average Bonchev–Trinajstić information content (AvgIpc) is 3.08. The first-order valence-corrected chi connectivity index (χ1v) is 9.14. The van der Waals surface area contributed by atoms with Crippen molar-refractivity contribution in [3.8, 4) is 5.75 Å². The van der Waals surface area contributed by atoms with Gasteiger partial charge >= 0.3 is 0 Å². The molecule has 1 aromatic carbocycles. The summed E-state index contributed by atoms with van der Waals surface area (Å²) in [5.74, 6) is 0.929. The Kier molecular flexibility index (Phi) is 6.33. The molecule has 0 fully saturated rings. The lowest BCUT2D eigenvalue weighted by Gasteiger charge is -2.15. The van der Waals surface area contributed by atoms with Gasteiger partial charge in [0.05, 0.1) is 36.1 Å². The standard InChI is InChI=1S/C17H20Cl2N6O2/c18-12-3-4-13(27-5-1-2-10(20)7-26)11(14(12)19)6-25-9-24-15-16(21)22-8-23-17(15)25/h3-4,8-10,26H,1-2,5-7,20H2,(H2,21,22,23)/t10-/m1/s1. The smallest absolute Gasteiger partial charge is 0.165 e. The molecule has 0 saturated carbocycles. The summed E-state index contributed by atoms with van der Waals surface area (Å²) in [5.41, 5.74) is 13.4. The Balaban J connectivity index is 1.83. The fraction of sp³-hybridized carbons (Fsp3) is 0.353. The van der Waals surface area contributed by atoms with E-state index in [0.29, 0.717) is 64.3 Å². The quantitative estimate of drug-likeness (QED) is 0.486. The van der Waals surface area contributed by atoms with Crippen LogP contribution in [0.1, 0.15) is 18.4 Å². The van der Waals surface area contributed by atoms with Gasteiger partial charge in [-0.25, -0.2) is 15.0 Å². The lowest BCUT2D eigenvalue weighted by molar-refractivity contribution is 0.243. The van der Waals surface area contributed by atoms with E-state index in [0.717, 1.165) is 0 Å². The molecule has 0 aliphatic carbocycles. The molecule has 0 amide bonds. The summed E-state index contributed by atoms with van der Waals surface area (Å²) >= 11 is 12.6. The first kappa shape index (κ1) is 19.6. The summed E-state index contributed by atoms with van der Waals surface area (Å²) in [5, 5.41) is 9.82. The van der Waals surface area contributed by atoms with Crippen molar-refractivity contribution in [2.75, 3.05) is 18.9 Å². The molecule has 27 heavy (non-hydrogen) atoms. The zero-order valence-corrected chi connectivity index (χ0v) is 16.0. The molecule has 2 aromatic heterocycles. The highest BCUT2D eigenvalue weighted by Gasteiger charge is 2.16. The number of aliphatic hydroxyl groups is 1. The molecular formula is C17H20Cl2N6O2. The van der Waals surface area contributed by atoms with Gasteiger partial charge in [0.2, 0.25) is 0 Å². The molecule has 0 aliphatic rings. The van der Waals surface area contributed by atoms with E-state index in [1.807, 2.05) is 0 Å². The number of aliphatic hydroxyl groups excluding tert-OH is 1. The molecule has 0 spiro atoms. The minimum absolute atomic E-state index is 0.0449. The van der Waals surface area contributed by atoms with Gasteiger partial charge in [0.25, 0.3) is 0 Å². The Morgan fingerprint density at radius 2 is 2.04 bits per heavy atom. The number of anilines is 1. The second-order valence-electron chi connectivity index (χ2n) is 6.07.